The second kappa shape index (κ2) is 17.2. The summed E-state index contributed by atoms with van der Waals surface area (Å²) in [5.41, 5.74) is 26.5. The van der Waals surface area contributed by atoms with E-state index in [4.69, 9.17) is 0 Å². The highest BCUT2D eigenvalue weighted by atomic mass is 14.4. The highest BCUT2D eigenvalue weighted by Crippen LogP contribution is 2.56. The molecule has 6 aromatic rings. The molecule has 1 aliphatic carbocycles. The lowest BCUT2D eigenvalue weighted by Crippen LogP contribution is -2.18. The molecule has 0 heteroatoms. The number of fused-ring (bicyclic) bond motifs is 3. The van der Waals surface area contributed by atoms with Crippen molar-refractivity contribution in [2.24, 2.45) is 0 Å². The standard InChI is InChI=1S/C71H94/c1-63(2,3)47-27-43(28-48(35-47)64(4,5)6)55-39-59-60-40-56(44-29-49(65(7,8)9)36-50(30-44)66(10,11)12)58(46-33-53(69(19,20)21)38-54(34-46)70(22,23)24)42-62(60)71(25,26)61(59)41-57(55)45-31-51(67(13,14)15)37-52(32-45)68(16,17)18/h27-42H,1-26H3. The summed E-state index contributed by atoms with van der Waals surface area (Å²) in [5, 5.41) is 0. The van der Waals surface area contributed by atoms with Crippen molar-refractivity contribution < 1.29 is 0 Å². The van der Waals surface area contributed by atoms with E-state index in [1.165, 1.54) is 111 Å². The van der Waals surface area contributed by atoms with Gasteiger partial charge in [0.25, 0.3) is 0 Å². The van der Waals surface area contributed by atoms with Crippen LogP contribution in [0.2, 0.25) is 0 Å². The first kappa shape index (κ1) is 54.1. The fourth-order valence-corrected chi connectivity index (χ4v) is 10.4. The van der Waals surface area contributed by atoms with E-state index in [2.05, 4.69) is 277 Å². The molecule has 71 heavy (non-hydrogen) atoms. The van der Waals surface area contributed by atoms with Gasteiger partial charge < -0.3 is 0 Å². The fourth-order valence-electron chi connectivity index (χ4n) is 10.4. The molecule has 0 bridgehead atoms. The quantitative estimate of drug-likeness (QED) is 0.165. The summed E-state index contributed by atoms with van der Waals surface area (Å²) in [7, 11) is 0. The van der Waals surface area contributed by atoms with Crippen molar-refractivity contribution in [2.75, 3.05) is 0 Å². The number of benzene rings is 6. The van der Waals surface area contributed by atoms with Crippen LogP contribution in [0.25, 0.3) is 55.6 Å². The maximum absolute atomic E-state index is 2.62. The molecule has 0 saturated heterocycles. The monoisotopic (exact) mass is 947 g/mol. The Hall–Kier alpha value is -4.68. The second-order valence-corrected chi connectivity index (χ2v) is 30.7. The van der Waals surface area contributed by atoms with Gasteiger partial charge in [0.15, 0.2) is 0 Å². The van der Waals surface area contributed by atoms with E-state index in [-0.39, 0.29) is 48.7 Å². The van der Waals surface area contributed by atoms with Gasteiger partial charge in [-0.3, -0.25) is 0 Å². The average Bonchev–Trinajstić information content (AvgIpc) is 3.43. The van der Waals surface area contributed by atoms with Crippen LogP contribution in [0.5, 0.6) is 0 Å². The number of hydrogen-bond acceptors (Lipinski definition) is 0. The normalized spacial score (nSPS) is 14.7. The van der Waals surface area contributed by atoms with Crippen LogP contribution in [0.1, 0.15) is 236 Å². The van der Waals surface area contributed by atoms with E-state index in [1.807, 2.05) is 0 Å². The molecule has 0 fully saturated rings. The van der Waals surface area contributed by atoms with E-state index >= 15 is 0 Å². The first-order chi connectivity index (χ1) is 32.0. The molecule has 7 rings (SSSR count). The Labute approximate surface area is 434 Å². The average molecular weight is 948 g/mol. The maximum atomic E-state index is 2.62. The largest absolute Gasteiger partial charge is 0.0561 e. The number of rotatable bonds is 4. The van der Waals surface area contributed by atoms with Crippen LogP contribution in [-0.2, 0) is 48.7 Å². The SMILES string of the molecule is CC(C)(C)c1cc(-c2cc3c(cc2-c2cc(C(C)(C)C)cc(C(C)(C)C)c2)C(C)(C)c2cc(-c4cc(C(C)(C)C)cc(C(C)(C)C)c4)c(-c4cc(C(C)(C)C)cc(C(C)(C)C)c4)cc2-3)cc(C(C)(C)C)c1. The molecular formula is C71H94. The Kier molecular flexibility index (Phi) is 13.1. The highest BCUT2D eigenvalue weighted by Gasteiger charge is 2.39. The first-order valence-corrected chi connectivity index (χ1v) is 27.0. The van der Waals surface area contributed by atoms with Gasteiger partial charge in [-0.2, -0.15) is 0 Å². The zero-order chi connectivity index (χ0) is 53.4. The van der Waals surface area contributed by atoms with Crippen molar-refractivity contribution in [1.29, 1.82) is 0 Å². The van der Waals surface area contributed by atoms with Crippen LogP contribution < -0.4 is 0 Å². The lowest BCUT2D eigenvalue weighted by Gasteiger charge is -2.29. The summed E-state index contributed by atoms with van der Waals surface area (Å²) >= 11 is 0. The maximum Gasteiger partial charge on any atom is 0.0159 e. The predicted molar refractivity (Wildman–Crippen MR) is 315 cm³/mol. The molecule has 0 heterocycles. The highest BCUT2D eigenvalue weighted by molar-refractivity contribution is 5.97. The summed E-state index contributed by atoms with van der Waals surface area (Å²) in [5.74, 6) is 0. The van der Waals surface area contributed by atoms with Crippen molar-refractivity contribution >= 4 is 0 Å². The molecule has 1 aliphatic rings. The molecule has 0 nitrogen and oxygen atoms in total. The predicted octanol–water partition coefficient (Wildman–Crippen LogP) is 21.0. The van der Waals surface area contributed by atoms with Crippen molar-refractivity contribution in [3.8, 4) is 55.6 Å². The first-order valence-electron chi connectivity index (χ1n) is 27.0. The lowest BCUT2D eigenvalue weighted by atomic mass is 9.75. The van der Waals surface area contributed by atoms with Crippen molar-refractivity contribution in [1.82, 2.24) is 0 Å². The molecule has 6 aromatic carbocycles. The smallest absolute Gasteiger partial charge is 0.0159 e. The third kappa shape index (κ3) is 10.9. The molecule has 0 N–H and O–H groups in total. The minimum Gasteiger partial charge on any atom is -0.0561 e. The summed E-state index contributed by atoms with van der Waals surface area (Å²) in [6, 6.07) is 40.4. The molecule has 0 radical (unpaired) electrons. The molecule has 0 unspecified atom stereocenters. The molecule has 0 atom stereocenters. The van der Waals surface area contributed by atoms with Crippen LogP contribution in [0.15, 0.2) is 97.1 Å². The minimum atomic E-state index is -0.276. The molecule has 0 aliphatic heterocycles. The van der Waals surface area contributed by atoms with Crippen molar-refractivity contribution in [2.45, 2.75) is 229 Å². The molecule has 0 saturated carbocycles. The summed E-state index contributed by atoms with van der Waals surface area (Å²) < 4.78 is 0. The molecule has 0 spiro atoms. The van der Waals surface area contributed by atoms with Crippen LogP contribution in [0.4, 0.5) is 0 Å². The summed E-state index contributed by atoms with van der Waals surface area (Å²) in [6.45, 7) is 61.7. The summed E-state index contributed by atoms with van der Waals surface area (Å²) in [6.07, 6.45) is 0. The van der Waals surface area contributed by atoms with Crippen molar-refractivity contribution in [3.63, 3.8) is 0 Å². The van der Waals surface area contributed by atoms with E-state index < -0.39 is 0 Å². The van der Waals surface area contributed by atoms with E-state index in [0.717, 1.165) is 0 Å². The summed E-state index contributed by atoms with van der Waals surface area (Å²) in [4.78, 5) is 0. The van der Waals surface area contributed by atoms with Crippen LogP contribution in [0, 0.1) is 0 Å². The Balaban J connectivity index is 1.68. The molecule has 378 valence electrons. The van der Waals surface area contributed by atoms with E-state index in [1.54, 1.807) is 0 Å². The van der Waals surface area contributed by atoms with Gasteiger partial charge in [-0.15, -0.1) is 0 Å². The van der Waals surface area contributed by atoms with Gasteiger partial charge in [0.05, 0.1) is 0 Å². The van der Waals surface area contributed by atoms with Gasteiger partial charge in [0.1, 0.15) is 0 Å². The Bertz CT molecular complexity index is 2690. The minimum absolute atomic E-state index is 0.0188. The van der Waals surface area contributed by atoms with Gasteiger partial charge in [-0.1, -0.05) is 253 Å². The zero-order valence-electron chi connectivity index (χ0n) is 49.7. The van der Waals surface area contributed by atoms with Crippen molar-refractivity contribution in [3.05, 3.63) is 153 Å². The van der Waals surface area contributed by atoms with Crippen LogP contribution >= 0.6 is 0 Å². The van der Waals surface area contributed by atoms with Gasteiger partial charge in [-0.25, -0.2) is 0 Å². The Morgan fingerprint density at radius 3 is 0.507 bits per heavy atom. The Morgan fingerprint density at radius 2 is 0.352 bits per heavy atom. The Morgan fingerprint density at radius 1 is 0.197 bits per heavy atom. The lowest BCUT2D eigenvalue weighted by molar-refractivity contribution is 0.568. The zero-order valence-corrected chi connectivity index (χ0v) is 49.7. The third-order valence-corrected chi connectivity index (χ3v) is 15.9. The number of hydrogen-bond donors (Lipinski definition) is 0. The van der Waals surface area contributed by atoms with Gasteiger partial charge >= 0.3 is 0 Å². The molecule has 0 aromatic heterocycles. The molecular weight excluding hydrogens is 853 g/mol. The van der Waals surface area contributed by atoms with E-state index in [9.17, 15) is 0 Å². The van der Waals surface area contributed by atoms with Crippen LogP contribution in [-0.4, -0.2) is 0 Å². The van der Waals surface area contributed by atoms with Gasteiger partial charge in [0.2, 0.25) is 0 Å². The second-order valence-electron chi connectivity index (χ2n) is 30.7. The third-order valence-electron chi connectivity index (χ3n) is 15.9. The molecule has 0 amide bonds. The van der Waals surface area contributed by atoms with Gasteiger partial charge in [-0.05, 0) is 179 Å². The fraction of sp³-hybridized carbons (Fsp3) is 0.493. The topological polar surface area (TPSA) is 0 Å². The van der Waals surface area contributed by atoms with Gasteiger partial charge in [0, 0.05) is 5.41 Å². The van der Waals surface area contributed by atoms with Crippen LogP contribution in [0.3, 0.4) is 0 Å². The van der Waals surface area contributed by atoms with E-state index in [0.29, 0.717) is 0 Å².